The molecule has 1 heterocycles. The van der Waals surface area contributed by atoms with Crippen molar-refractivity contribution in [1.29, 1.82) is 0 Å². The summed E-state index contributed by atoms with van der Waals surface area (Å²) < 4.78 is 0. The maximum absolute atomic E-state index is 12.0. The van der Waals surface area contributed by atoms with Crippen molar-refractivity contribution < 1.29 is 14.7 Å². The summed E-state index contributed by atoms with van der Waals surface area (Å²) in [5.74, 6) is -0.759. The van der Waals surface area contributed by atoms with Crippen molar-refractivity contribution in [3.05, 3.63) is 11.6 Å². The normalized spacial score (nSPS) is 19.9. The molecule has 1 amide bonds. The van der Waals surface area contributed by atoms with Gasteiger partial charge in [0, 0.05) is 25.1 Å². The Balaban J connectivity index is 2.62. The van der Waals surface area contributed by atoms with Crippen molar-refractivity contribution in [3.63, 3.8) is 0 Å². The van der Waals surface area contributed by atoms with Gasteiger partial charge in [0.1, 0.15) is 0 Å². The summed E-state index contributed by atoms with van der Waals surface area (Å²) in [4.78, 5) is 24.4. The van der Waals surface area contributed by atoms with E-state index in [1.807, 2.05) is 18.7 Å². The van der Waals surface area contributed by atoms with Gasteiger partial charge in [0.2, 0.25) is 5.91 Å². The average molecular weight is 239 g/mol. The second kappa shape index (κ2) is 6.42. The Morgan fingerprint density at radius 2 is 2.06 bits per heavy atom. The fourth-order valence-corrected chi connectivity index (χ4v) is 2.21. The molecule has 0 aromatic carbocycles. The topological polar surface area (TPSA) is 57.6 Å². The average Bonchev–Trinajstić information content (AvgIpc) is 2.25. The van der Waals surface area contributed by atoms with Gasteiger partial charge in [-0.05, 0) is 39.5 Å². The number of amides is 1. The molecular formula is C13H21NO3. The summed E-state index contributed by atoms with van der Waals surface area (Å²) in [7, 11) is 0. The zero-order chi connectivity index (χ0) is 12.8. The molecule has 0 radical (unpaired) electrons. The van der Waals surface area contributed by atoms with Crippen molar-refractivity contribution >= 4 is 11.9 Å². The Labute approximate surface area is 102 Å². The van der Waals surface area contributed by atoms with E-state index in [0.29, 0.717) is 6.42 Å². The Morgan fingerprint density at radius 3 is 2.65 bits per heavy atom. The lowest BCUT2D eigenvalue weighted by atomic mass is 9.97. The Kier molecular flexibility index (Phi) is 5.19. The van der Waals surface area contributed by atoms with Crippen LogP contribution in [0.3, 0.4) is 0 Å². The largest absolute Gasteiger partial charge is 0.481 e. The molecule has 0 aromatic rings. The highest BCUT2D eigenvalue weighted by molar-refractivity contribution is 5.88. The highest BCUT2D eigenvalue weighted by atomic mass is 16.4. The molecule has 0 saturated carbocycles. The minimum absolute atomic E-state index is 0.0279. The van der Waals surface area contributed by atoms with Crippen LogP contribution >= 0.6 is 0 Å². The summed E-state index contributed by atoms with van der Waals surface area (Å²) in [6.07, 6.45) is 5.38. The zero-order valence-corrected chi connectivity index (χ0v) is 10.6. The van der Waals surface area contributed by atoms with Crippen LogP contribution in [0.1, 0.15) is 46.0 Å². The van der Waals surface area contributed by atoms with E-state index in [2.05, 4.69) is 0 Å². The lowest BCUT2D eigenvalue weighted by Crippen LogP contribution is -2.43. The van der Waals surface area contributed by atoms with E-state index in [-0.39, 0.29) is 18.4 Å². The van der Waals surface area contributed by atoms with Gasteiger partial charge in [0.05, 0.1) is 0 Å². The molecule has 1 N–H and O–H groups in total. The van der Waals surface area contributed by atoms with E-state index >= 15 is 0 Å². The van der Waals surface area contributed by atoms with E-state index < -0.39 is 5.97 Å². The first-order valence-electron chi connectivity index (χ1n) is 6.18. The molecule has 0 unspecified atom stereocenters. The quantitative estimate of drug-likeness (QED) is 0.765. The van der Waals surface area contributed by atoms with Crippen LogP contribution in [-0.4, -0.2) is 34.5 Å². The van der Waals surface area contributed by atoms with Crippen molar-refractivity contribution in [1.82, 2.24) is 4.90 Å². The molecule has 1 aliphatic heterocycles. The number of hydrogen-bond acceptors (Lipinski definition) is 2. The summed E-state index contributed by atoms with van der Waals surface area (Å²) in [6.45, 7) is 4.55. The summed E-state index contributed by atoms with van der Waals surface area (Å²) >= 11 is 0. The molecule has 1 aliphatic rings. The molecule has 1 fully saturated rings. The second-order valence-electron chi connectivity index (χ2n) is 4.84. The van der Waals surface area contributed by atoms with E-state index in [1.54, 1.807) is 6.08 Å². The molecule has 0 spiro atoms. The van der Waals surface area contributed by atoms with Gasteiger partial charge in [0.15, 0.2) is 0 Å². The van der Waals surface area contributed by atoms with Crippen LogP contribution in [-0.2, 0) is 9.59 Å². The van der Waals surface area contributed by atoms with Crippen LogP contribution in [0.2, 0.25) is 0 Å². The van der Waals surface area contributed by atoms with Gasteiger partial charge in [-0.2, -0.15) is 0 Å². The number of carbonyl (C=O) groups is 2. The van der Waals surface area contributed by atoms with Gasteiger partial charge >= 0.3 is 5.97 Å². The molecule has 4 heteroatoms. The summed E-state index contributed by atoms with van der Waals surface area (Å²) in [5.41, 5.74) is 0.984. The third-order valence-electron chi connectivity index (χ3n) is 3.01. The van der Waals surface area contributed by atoms with Crippen LogP contribution in [0.25, 0.3) is 0 Å². The Morgan fingerprint density at radius 1 is 1.35 bits per heavy atom. The third kappa shape index (κ3) is 4.59. The maximum atomic E-state index is 12.0. The molecule has 1 saturated heterocycles. The van der Waals surface area contributed by atoms with Crippen molar-refractivity contribution in [2.24, 2.45) is 0 Å². The van der Waals surface area contributed by atoms with E-state index in [0.717, 1.165) is 31.4 Å². The van der Waals surface area contributed by atoms with Gasteiger partial charge in [-0.1, -0.05) is 5.57 Å². The molecule has 96 valence electrons. The first kappa shape index (κ1) is 13.7. The number of carboxylic acid groups (broad SMARTS) is 1. The lowest BCUT2D eigenvalue weighted by Gasteiger charge is -2.35. The smallest absolute Gasteiger partial charge is 0.303 e. The minimum Gasteiger partial charge on any atom is -0.481 e. The molecular weight excluding hydrogens is 218 g/mol. The zero-order valence-electron chi connectivity index (χ0n) is 10.6. The molecule has 0 bridgehead atoms. The molecule has 0 aliphatic carbocycles. The van der Waals surface area contributed by atoms with Gasteiger partial charge in [-0.25, -0.2) is 0 Å². The van der Waals surface area contributed by atoms with Crippen molar-refractivity contribution in [2.45, 2.75) is 52.0 Å². The number of piperidine rings is 1. The standard InChI is InChI=1S/C13H21NO3/c1-10(2)9-12(15)14-8-4-3-5-11(14)6-7-13(16)17/h9,11H,3-8H2,1-2H3,(H,16,17)/t11-/m0/s1. The molecule has 4 nitrogen and oxygen atoms in total. The van der Waals surface area contributed by atoms with E-state index in [4.69, 9.17) is 5.11 Å². The number of hydrogen-bond donors (Lipinski definition) is 1. The Bertz CT molecular complexity index is 319. The molecule has 1 atom stereocenters. The van der Waals surface area contributed by atoms with Gasteiger partial charge < -0.3 is 10.0 Å². The number of aliphatic carboxylic acids is 1. The predicted octanol–water partition coefficient (Wildman–Crippen LogP) is 2.20. The fourth-order valence-electron chi connectivity index (χ4n) is 2.21. The minimum atomic E-state index is -0.787. The third-order valence-corrected chi connectivity index (χ3v) is 3.01. The molecule has 1 rings (SSSR count). The Hall–Kier alpha value is -1.32. The summed E-state index contributed by atoms with van der Waals surface area (Å²) in [6, 6.07) is 0.1000. The van der Waals surface area contributed by atoms with Gasteiger partial charge in [-0.3, -0.25) is 9.59 Å². The number of carbonyl (C=O) groups excluding carboxylic acids is 1. The number of likely N-dealkylation sites (tertiary alicyclic amines) is 1. The first-order valence-corrected chi connectivity index (χ1v) is 6.18. The number of rotatable bonds is 4. The van der Waals surface area contributed by atoms with Crippen LogP contribution in [0.4, 0.5) is 0 Å². The number of carboxylic acids is 1. The highest BCUT2D eigenvalue weighted by Gasteiger charge is 2.25. The first-order chi connectivity index (χ1) is 8.00. The van der Waals surface area contributed by atoms with E-state index in [1.165, 1.54) is 0 Å². The molecule has 0 aromatic heterocycles. The van der Waals surface area contributed by atoms with Crippen molar-refractivity contribution in [3.8, 4) is 0 Å². The fraction of sp³-hybridized carbons (Fsp3) is 0.692. The highest BCUT2D eigenvalue weighted by Crippen LogP contribution is 2.21. The van der Waals surface area contributed by atoms with Crippen LogP contribution in [0.5, 0.6) is 0 Å². The summed E-state index contributed by atoms with van der Waals surface area (Å²) in [5, 5.41) is 8.70. The van der Waals surface area contributed by atoms with Gasteiger partial charge in [-0.15, -0.1) is 0 Å². The number of allylic oxidation sites excluding steroid dienone is 1. The van der Waals surface area contributed by atoms with Crippen molar-refractivity contribution in [2.75, 3.05) is 6.54 Å². The van der Waals surface area contributed by atoms with E-state index in [9.17, 15) is 9.59 Å². The lowest BCUT2D eigenvalue weighted by molar-refractivity contribution is -0.138. The van der Waals surface area contributed by atoms with Crippen LogP contribution < -0.4 is 0 Å². The second-order valence-corrected chi connectivity index (χ2v) is 4.84. The van der Waals surface area contributed by atoms with Crippen LogP contribution in [0.15, 0.2) is 11.6 Å². The SMILES string of the molecule is CC(C)=CC(=O)N1CCCC[C@H]1CCC(=O)O. The van der Waals surface area contributed by atoms with Gasteiger partial charge in [0.25, 0.3) is 0 Å². The predicted molar refractivity (Wildman–Crippen MR) is 65.7 cm³/mol. The van der Waals surface area contributed by atoms with Crippen LogP contribution in [0, 0.1) is 0 Å². The molecule has 17 heavy (non-hydrogen) atoms. The number of nitrogens with zero attached hydrogens (tertiary/aromatic N) is 1. The maximum Gasteiger partial charge on any atom is 0.303 e. The monoisotopic (exact) mass is 239 g/mol.